The topological polar surface area (TPSA) is 180 Å². The monoisotopic (exact) mass is 858 g/mol. The quantitative estimate of drug-likeness (QED) is 0.245. The van der Waals surface area contributed by atoms with E-state index in [0.29, 0.717) is 121 Å². The predicted octanol–water partition coefficient (Wildman–Crippen LogP) is 2.05. The molecule has 5 aliphatic rings. The van der Waals surface area contributed by atoms with Crippen LogP contribution < -0.4 is 11.1 Å². The second-order valence-electron chi connectivity index (χ2n) is 17.0. The van der Waals surface area contributed by atoms with E-state index in [1.165, 1.54) is 4.57 Å². The van der Waals surface area contributed by atoms with Crippen LogP contribution in [0.3, 0.4) is 0 Å². The van der Waals surface area contributed by atoms with E-state index in [1.807, 2.05) is 42.2 Å². The van der Waals surface area contributed by atoms with Gasteiger partial charge in [-0.3, -0.25) is 24.0 Å². The average Bonchev–Trinajstić information content (AvgIpc) is 3.47. The number of anilines is 1. The molecule has 8 rings (SSSR count). The number of esters is 1. The van der Waals surface area contributed by atoms with E-state index >= 15 is 0 Å². The Morgan fingerprint density at radius 3 is 2.26 bits per heavy atom. The van der Waals surface area contributed by atoms with Gasteiger partial charge in [0.15, 0.2) is 11.7 Å². The molecule has 1 atom stereocenters. The molecule has 3 aromatic rings. The maximum absolute atomic E-state index is 14.4. The van der Waals surface area contributed by atoms with Crippen LogP contribution in [0.2, 0.25) is 0 Å². The molecule has 0 spiro atoms. The third-order valence-corrected chi connectivity index (χ3v) is 13.2. The van der Waals surface area contributed by atoms with E-state index in [4.69, 9.17) is 18.6 Å². The molecule has 6 heterocycles. The predicted molar refractivity (Wildman–Crippen MR) is 227 cm³/mol. The van der Waals surface area contributed by atoms with Crippen LogP contribution >= 0.6 is 0 Å². The number of hydrogen-bond acceptors (Lipinski definition) is 12. The number of carbonyl (C=O) groups is 5. The van der Waals surface area contributed by atoms with Gasteiger partial charge in [-0.2, -0.15) is 0 Å². The van der Waals surface area contributed by atoms with Crippen LogP contribution in [0.15, 0.2) is 45.6 Å². The molecule has 1 N–H and O–H groups in total. The van der Waals surface area contributed by atoms with E-state index in [-0.39, 0.29) is 37.0 Å². The molecule has 1 aromatic heterocycles. The number of fused-ring (bicyclic) bond motifs is 2. The number of benzene rings is 2. The van der Waals surface area contributed by atoms with Crippen molar-refractivity contribution in [3.05, 3.63) is 63.6 Å². The van der Waals surface area contributed by atoms with Gasteiger partial charge in [-0.15, -0.1) is 0 Å². The molecule has 5 amide bonds. The molecular formula is C44H58N8O10. The third-order valence-electron chi connectivity index (χ3n) is 13.2. The van der Waals surface area contributed by atoms with Gasteiger partial charge < -0.3 is 43.5 Å². The van der Waals surface area contributed by atoms with Gasteiger partial charge >= 0.3 is 29.8 Å². The number of carbonyl (C=O) groups excluding carboxylic acids is 5. The molecule has 4 fully saturated rings. The van der Waals surface area contributed by atoms with Crippen LogP contribution in [0, 0.1) is 6.92 Å². The number of rotatable bonds is 9. The minimum atomic E-state index is -1.13. The zero-order chi connectivity index (χ0) is 43.3. The number of urea groups is 1. The fraction of sp³-hybridized carbons (Fsp3) is 0.591. The molecule has 0 bridgehead atoms. The van der Waals surface area contributed by atoms with Crippen LogP contribution in [0.1, 0.15) is 42.4 Å². The van der Waals surface area contributed by atoms with Gasteiger partial charge in [0.1, 0.15) is 6.61 Å². The lowest BCUT2D eigenvalue weighted by Gasteiger charge is -2.43. The highest BCUT2D eigenvalue weighted by Crippen LogP contribution is 2.27. The molecule has 0 aliphatic carbocycles. The van der Waals surface area contributed by atoms with Crippen molar-refractivity contribution in [2.45, 2.75) is 63.6 Å². The first-order valence-electron chi connectivity index (χ1n) is 22.0. The second-order valence-corrected chi connectivity index (χ2v) is 17.0. The Bertz CT molecular complexity index is 2180. The number of oxazole rings is 1. The zero-order valence-electron chi connectivity index (χ0n) is 35.8. The Balaban J connectivity index is 0.857. The molecule has 0 radical (unpaired) electrons. The summed E-state index contributed by atoms with van der Waals surface area (Å²) in [5.41, 5.74) is 4.47. The lowest BCUT2D eigenvalue weighted by molar-refractivity contribution is -0.161. The number of likely N-dealkylation sites (tertiary alicyclic amines) is 2. The number of hydrogen-bond donors (Lipinski definition) is 1. The fourth-order valence-electron chi connectivity index (χ4n) is 9.61. The van der Waals surface area contributed by atoms with Gasteiger partial charge in [0.25, 0.3) is 5.91 Å². The van der Waals surface area contributed by atoms with E-state index in [2.05, 4.69) is 15.1 Å². The SMILES string of the molecule is Cc1cc(C[C@@H](OC(=O)N2CCC(N3CCc4ccccc4NC3=O)CC2)C(=O)N2CCN(C3CCN(C(=O)C(=O)OCCN4CCOCC4)CC3)CC2)cc2oc(=O)n(C)c12. The minimum absolute atomic E-state index is 0.0442. The highest BCUT2D eigenvalue weighted by atomic mass is 16.6. The number of ether oxygens (including phenoxy) is 3. The molecule has 5 aliphatic heterocycles. The first-order chi connectivity index (χ1) is 30.0. The van der Waals surface area contributed by atoms with E-state index in [0.717, 1.165) is 36.3 Å². The van der Waals surface area contributed by atoms with E-state index < -0.39 is 29.8 Å². The number of aryl methyl sites for hydroxylation is 2. The Hall–Kier alpha value is -5.46. The minimum Gasteiger partial charge on any atom is -0.457 e. The Kier molecular flexibility index (Phi) is 13.4. The van der Waals surface area contributed by atoms with Crippen LogP contribution in [0.25, 0.3) is 11.1 Å². The van der Waals surface area contributed by atoms with E-state index in [1.54, 1.807) is 27.8 Å². The first-order valence-corrected chi connectivity index (χ1v) is 22.0. The largest absolute Gasteiger partial charge is 0.457 e. The van der Waals surface area contributed by atoms with Crippen molar-refractivity contribution in [1.29, 1.82) is 0 Å². The third kappa shape index (κ3) is 9.76. The summed E-state index contributed by atoms with van der Waals surface area (Å²) in [6.07, 6.45) is 1.67. The summed E-state index contributed by atoms with van der Waals surface area (Å²) < 4.78 is 23.7. The molecule has 334 valence electrons. The maximum atomic E-state index is 14.4. The normalized spacial score (nSPS) is 20.4. The van der Waals surface area contributed by atoms with Crippen molar-refractivity contribution in [2.75, 3.05) is 104 Å². The number of morpholine rings is 1. The molecule has 2 aromatic carbocycles. The maximum Gasteiger partial charge on any atom is 0.419 e. The number of para-hydroxylation sites is 1. The molecule has 18 heteroatoms. The summed E-state index contributed by atoms with van der Waals surface area (Å²) in [5.74, 6) is -2.21. The molecule has 0 unspecified atom stereocenters. The molecular weight excluding hydrogens is 801 g/mol. The Morgan fingerprint density at radius 2 is 1.52 bits per heavy atom. The lowest BCUT2D eigenvalue weighted by Crippen LogP contribution is -2.57. The standard InChI is InChI=1S/C44H58N8O10/c1-30-27-31(28-36-38(30)46(2)43(57)61-36)29-37(62-44(58)51-14-10-34(11-15-51)52-16-7-32-5-3-4-6-35(32)45-42(52)56)39(53)50-19-17-48(18-20-50)33-8-12-49(13-9-33)40(54)41(55)60-26-23-47-21-24-59-25-22-47/h3-6,27-28,33-34,37H,7-26,29H2,1-2H3,(H,45,56)/t37-/m1/s1. The smallest absolute Gasteiger partial charge is 0.419 e. The summed E-state index contributed by atoms with van der Waals surface area (Å²) in [6, 6.07) is 11.4. The number of amides is 5. The molecule has 4 saturated heterocycles. The first kappa shape index (κ1) is 43.2. The van der Waals surface area contributed by atoms with Gasteiger partial charge in [-0.1, -0.05) is 24.3 Å². The van der Waals surface area contributed by atoms with Crippen molar-refractivity contribution >= 4 is 46.7 Å². The highest BCUT2D eigenvalue weighted by Gasteiger charge is 2.37. The van der Waals surface area contributed by atoms with Gasteiger partial charge in [0.2, 0.25) is 0 Å². The van der Waals surface area contributed by atoms with Crippen molar-refractivity contribution in [3.8, 4) is 0 Å². The second kappa shape index (κ2) is 19.3. The molecule has 0 saturated carbocycles. The van der Waals surface area contributed by atoms with Crippen LogP contribution in [0.5, 0.6) is 0 Å². The van der Waals surface area contributed by atoms with Gasteiger partial charge in [0, 0.05) is 110 Å². The Morgan fingerprint density at radius 1 is 0.823 bits per heavy atom. The van der Waals surface area contributed by atoms with Crippen LogP contribution in [0.4, 0.5) is 15.3 Å². The summed E-state index contributed by atoms with van der Waals surface area (Å²) >= 11 is 0. The van der Waals surface area contributed by atoms with Crippen LogP contribution in [-0.2, 0) is 48.5 Å². The molecule has 18 nitrogen and oxygen atoms in total. The summed E-state index contributed by atoms with van der Waals surface area (Å²) in [7, 11) is 1.64. The van der Waals surface area contributed by atoms with Crippen molar-refractivity contribution in [1.82, 2.24) is 34.0 Å². The van der Waals surface area contributed by atoms with E-state index in [9.17, 15) is 28.8 Å². The highest BCUT2D eigenvalue weighted by molar-refractivity contribution is 6.32. The van der Waals surface area contributed by atoms with Crippen molar-refractivity contribution in [3.63, 3.8) is 0 Å². The lowest BCUT2D eigenvalue weighted by atomic mass is 10.0. The van der Waals surface area contributed by atoms with Gasteiger partial charge in [-0.05, 0) is 67.9 Å². The fourth-order valence-corrected chi connectivity index (χ4v) is 9.61. The number of nitrogens with zero attached hydrogens (tertiary/aromatic N) is 7. The zero-order valence-corrected chi connectivity index (χ0v) is 35.8. The van der Waals surface area contributed by atoms with Gasteiger partial charge in [0.05, 0.1) is 18.7 Å². The summed E-state index contributed by atoms with van der Waals surface area (Å²) in [6.45, 7) is 9.77. The summed E-state index contributed by atoms with van der Waals surface area (Å²) in [5, 5.41) is 3.04. The number of piperidine rings is 2. The van der Waals surface area contributed by atoms with Crippen LogP contribution in [-0.4, -0.2) is 180 Å². The molecule has 62 heavy (non-hydrogen) atoms. The Labute approximate surface area is 360 Å². The summed E-state index contributed by atoms with van der Waals surface area (Å²) in [4.78, 5) is 90.5. The average molecular weight is 859 g/mol. The van der Waals surface area contributed by atoms with Gasteiger partial charge in [-0.25, -0.2) is 19.2 Å². The van der Waals surface area contributed by atoms with Crippen molar-refractivity contribution < 1.29 is 42.6 Å². The number of aromatic nitrogens is 1. The van der Waals surface area contributed by atoms with Crippen molar-refractivity contribution in [2.24, 2.45) is 7.05 Å². The number of piperazine rings is 1. The number of nitrogens with one attached hydrogen (secondary N) is 1.